The van der Waals surface area contributed by atoms with E-state index in [0.29, 0.717) is 6.04 Å². The summed E-state index contributed by atoms with van der Waals surface area (Å²) < 4.78 is 0. The van der Waals surface area contributed by atoms with Gasteiger partial charge in [0.1, 0.15) is 6.17 Å². The van der Waals surface area contributed by atoms with Crippen LogP contribution in [-0.2, 0) is 4.79 Å². The van der Waals surface area contributed by atoms with Gasteiger partial charge in [0.05, 0.1) is 5.54 Å². The van der Waals surface area contributed by atoms with E-state index in [2.05, 4.69) is 41.6 Å². The normalized spacial score (nSPS) is 37.9. The molecule has 3 nitrogen and oxygen atoms in total. The van der Waals surface area contributed by atoms with Crippen LogP contribution in [0.15, 0.2) is 17.5 Å². The Morgan fingerprint density at radius 1 is 1.50 bits per heavy atom. The van der Waals surface area contributed by atoms with Crippen molar-refractivity contribution in [3.63, 3.8) is 0 Å². The van der Waals surface area contributed by atoms with E-state index in [9.17, 15) is 4.79 Å². The van der Waals surface area contributed by atoms with Crippen molar-refractivity contribution in [3.8, 4) is 0 Å². The maximum absolute atomic E-state index is 12.9. The Labute approximate surface area is 125 Å². The number of hydrogen-bond donors (Lipinski definition) is 1. The van der Waals surface area contributed by atoms with E-state index in [4.69, 9.17) is 0 Å². The molecule has 1 aliphatic heterocycles. The number of amides is 1. The molecule has 2 aliphatic rings. The van der Waals surface area contributed by atoms with Gasteiger partial charge in [0.15, 0.2) is 0 Å². The minimum atomic E-state index is -0.402. The second-order valence-electron chi connectivity index (χ2n) is 6.53. The number of carbonyl (C=O) groups is 1. The van der Waals surface area contributed by atoms with Crippen molar-refractivity contribution < 1.29 is 4.79 Å². The first-order valence-corrected chi connectivity index (χ1v) is 8.57. The minimum absolute atomic E-state index is 0.0720. The van der Waals surface area contributed by atoms with Gasteiger partial charge >= 0.3 is 0 Å². The minimum Gasteiger partial charge on any atom is -0.317 e. The van der Waals surface area contributed by atoms with E-state index in [-0.39, 0.29) is 12.1 Å². The third kappa shape index (κ3) is 2.19. The maximum atomic E-state index is 12.9. The molecule has 2 heterocycles. The molecule has 20 heavy (non-hydrogen) atoms. The van der Waals surface area contributed by atoms with Crippen LogP contribution in [0.5, 0.6) is 0 Å². The van der Waals surface area contributed by atoms with Crippen LogP contribution in [0, 0.1) is 5.92 Å². The lowest BCUT2D eigenvalue weighted by Gasteiger charge is -2.30. The molecule has 4 unspecified atom stereocenters. The zero-order valence-electron chi connectivity index (χ0n) is 12.6. The molecule has 1 saturated heterocycles. The van der Waals surface area contributed by atoms with Crippen LogP contribution in [0.2, 0.25) is 0 Å². The summed E-state index contributed by atoms with van der Waals surface area (Å²) >= 11 is 1.74. The van der Waals surface area contributed by atoms with Gasteiger partial charge in [-0.3, -0.25) is 10.1 Å². The topological polar surface area (TPSA) is 32.3 Å². The van der Waals surface area contributed by atoms with Crippen molar-refractivity contribution in [2.45, 2.75) is 64.2 Å². The van der Waals surface area contributed by atoms with Gasteiger partial charge in [-0.1, -0.05) is 19.9 Å². The third-order valence-electron chi connectivity index (χ3n) is 5.02. The highest BCUT2D eigenvalue weighted by atomic mass is 32.1. The summed E-state index contributed by atoms with van der Waals surface area (Å²) in [7, 11) is 0. The molecule has 0 aromatic carbocycles. The van der Waals surface area contributed by atoms with Crippen LogP contribution >= 0.6 is 11.3 Å². The van der Waals surface area contributed by atoms with Crippen LogP contribution in [-0.4, -0.2) is 22.4 Å². The molecular formula is C16H24N2OS. The SMILES string of the molecule is CCC1(C)NC(c2cccs2)N(C2CCC(C)C2)C1=O. The Bertz CT molecular complexity index is 487. The van der Waals surface area contributed by atoms with Crippen molar-refractivity contribution in [2.24, 2.45) is 5.92 Å². The Morgan fingerprint density at radius 3 is 2.85 bits per heavy atom. The number of rotatable bonds is 3. The second kappa shape index (κ2) is 5.15. The summed E-state index contributed by atoms with van der Waals surface area (Å²) in [4.78, 5) is 16.3. The highest BCUT2D eigenvalue weighted by molar-refractivity contribution is 7.10. The Balaban J connectivity index is 1.92. The van der Waals surface area contributed by atoms with Crippen molar-refractivity contribution >= 4 is 17.2 Å². The highest BCUT2D eigenvalue weighted by Gasteiger charge is 2.50. The van der Waals surface area contributed by atoms with Gasteiger partial charge in [0.2, 0.25) is 5.91 Å². The van der Waals surface area contributed by atoms with Gasteiger partial charge in [-0.15, -0.1) is 11.3 Å². The second-order valence-corrected chi connectivity index (χ2v) is 7.51. The lowest BCUT2D eigenvalue weighted by molar-refractivity contribution is -0.135. The van der Waals surface area contributed by atoms with Crippen molar-refractivity contribution in [1.82, 2.24) is 10.2 Å². The summed E-state index contributed by atoms with van der Waals surface area (Å²) in [6.07, 6.45) is 4.45. The zero-order valence-corrected chi connectivity index (χ0v) is 13.4. The molecule has 4 heteroatoms. The molecule has 0 bridgehead atoms. The highest BCUT2D eigenvalue weighted by Crippen LogP contribution is 2.40. The van der Waals surface area contributed by atoms with Gasteiger partial charge in [0.25, 0.3) is 0 Å². The largest absolute Gasteiger partial charge is 0.317 e. The zero-order chi connectivity index (χ0) is 14.3. The average Bonchev–Trinajstić information content (AvgIpc) is 3.12. The predicted molar refractivity (Wildman–Crippen MR) is 82.5 cm³/mol. The smallest absolute Gasteiger partial charge is 0.244 e. The van der Waals surface area contributed by atoms with Gasteiger partial charge in [-0.05, 0) is 50.0 Å². The molecule has 110 valence electrons. The number of carbonyl (C=O) groups excluding carboxylic acids is 1. The van der Waals surface area contributed by atoms with Gasteiger partial charge in [0, 0.05) is 10.9 Å². The quantitative estimate of drug-likeness (QED) is 0.924. The number of nitrogens with zero attached hydrogens (tertiary/aromatic N) is 1. The predicted octanol–water partition coefficient (Wildman–Crippen LogP) is 3.54. The van der Waals surface area contributed by atoms with E-state index in [1.165, 1.54) is 11.3 Å². The van der Waals surface area contributed by atoms with Gasteiger partial charge in [-0.2, -0.15) is 0 Å². The van der Waals surface area contributed by atoms with E-state index >= 15 is 0 Å². The summed E-state index contributed by atoms with van der Waals surface area (Å²) in [6, 6.07) is 4.62. The van der Waals surface area contributed by atoms with Crippen LogP contribution in [0.25, 0.3) is 0 Å². The molecule has 1 saturated carbocycles. The van der Waals surface area contributed by atoms with Crippen molar-refractivity contribution in [3.05, 3.63) is 22.4 Å². The summed E-state index contributed by atoms with van der Waals surface area (Å²) in [5.74, 6) is 1.03. The van der Waals surface area contributed by atoms with E-state index in [0.717, 1.165) is 25.2 Å². The lowest BCUT2D eigenvalue weighted by Crippen LogP contribution is -2.44. The average molecular weight is 292 g/mol. The third-order valence-corrected chi connectivity index (χ3v) is 5.95. The summed E-state index contributed by atoms with van der Waals surface area (Å²) in [5, 5.41) is 5.69. The molecule has 1 aliphatic carbocycles. The lowest BCUT2D eigenvalue weighted by atomic mass is 9.99. The molecule has 2 fully saturated rings. The number of nitrogens with one attached hydrogen (secondary N) is 1. The molecule has 4 atom stereocenters. The van der Waals surface area contributed by atoms with E-state index < -0.39 is 5.54 Å². The summed E-state index contributed by atoms with van der Waals surface area (Å²) in [6.45, 7) is 6.44. The molecule has 1 amide bonds. The first-order chi connectivity index (χ1) is 9.55. The first-order valence-electron chi connectivity index (χ1n) is 7.69. The van der Waals surface area contributed by atoms with Crippen LogP contribution in [0.1, 0.15) is 57.5 Å². The molecule has 1 aromatic heterocycles. The maximum Gasteiger partial charge on any atom is 0.244 e. The van der Waals surface area contributed by atoms with Crippen LogP contribution < -0.4 is 5.32 Å². The Hall–Kier alpha value is -0.870. The van der Waals surface area contributed by atoms with Crippen LogP contribution in [0.4, 0.5) is 0 Å². The molecule has 0 spiro atoms. The van der Waals surface area contributed by atoms with E-state index in [1.807, 2.05) is 6.92 Å². The molecule has 1 N–H and O–H groups in total. The van der Waals surface area contributed by atoms with E-state index in [1.54, 1.807) is 11.3 Å². The van der Waals surface area contributed by atoms with Gasteiger partial charge < -0.3 is 4.90 Å². The fourth-order valence-electron chi connectivity index (χ4n) is 3.55. The molecular weight excluding hydrogens is 268 g/mol. The van der Waals surface area contributed by atoms with Crippen molar-refractivity contribution in [2.75, 3.05) is 0 Å². The van der Waals surface area contributed by atoms with Crippen LogP contribution in [0.3, 0.4) is 0 Å². The van der Waals surface area contributed by atoms with Gasteiger partial charge in [-0.25, -0.2) is 0 Å². The first kappa shape index (κ1) is 14.1. The number of thiophene rings is 1. The summed E-state index contributed by atoms with van der Waals surface area (Å²) in [5.41, 5.74) is -0.402. The Kier molecular flexibility index (Phi) is 3.63. The molecule has 1 aromatic rings. The monoisotopic (exact) mass is 292 g/mol. The fourth-order valence-corrected chi connectivity index (χ4v) is 4.32. The van der Waals surface area contributed by atoms with Crippen molar-refractivity contribution in [1.29, 1.82) is 0 Å². The molecule has 3 rings (SSSR count). The fraction of sp³-hybridized carbons (Fsp3) is 0.688. The number of hydrogen-bond acceptors (Lipinski definition) is 3. The molecule has 0 radical (unpaired) electrons. The Morgan fingerprint density at radius 2 is 2.30 bits per heavy atom. The standard InChI is InChI=1S/C16H24N2OS/c1-4-16(3)15(19)18(12-8-7-11(2)10-12)14(17-16)13-6-5-9-20-13/h5-6,9,11-12,14,17H,4,7-8,10H2,1-3H3.